The van der Waals surface area contributed by atoms with Crippen molar-refractivity contribution in [2.45, 2.75) is 51.6 Å². The highest BCUT2D eigenvalue weighted by molar-refractivity contribution is 5.86. The average Bonchev–Trinajstić information content (AvgIpc) is 3.11. The fourth-order valence-electron chi connectivity index (χ4n) is 3.33. The molecule has 24 heavy (non-hydrogen) atoms. The summed E-state index contributed by atoms with van der Waals surface area (Å²) in [4.78, 5) is 12.4. The summed E-state index contributed by atoms with van der Waals surface area (Å²) >= 11 is 0. The van der Waals surface area contributed by atoms with Crippen LogP contribution in [0.15, 0.2) is 30.3 Å². The quantitative estimate of drug-likeness (QED) is 0.892. The molecule has 0 spiro atoms. The third kappa shape index (κ3) is 3.47. The first-order valence-electron chi connectivity index (χ1n) is 8.19. The molecule has 5 nitrogen and oxygen atoms in total. The van der Waals surface area contributed by atoms with Gasteiger partial charge in [-0.05, 0) is 38.8 Å². The number of nitrogens with one attached hydrogen (secondary N) is 1. The molecule has 1 amide bonds. The lowest BCUT2D eigenvalue weighted by Crippen LogP contribution is -2.51. The Kier molecular flexibility index (Phi) is 5.67. The molecule has 3 rings (SSSR count). The topological polar surface area (TPSA) is 72.9 Å². The summed E-state index contributed by atoms with van der Waals surface area (Å²) < 4.78 is 1.92. The van der Waals surface area contributed by atoms with Crippen molar-refractivity contribution >= 4 is 18.3 Å². The fraction of sp³-hybridized carbons (Fsp3) is 0.444. The number of halogens is 1. The van der Waals surface area contributed by atoms with Gasteiger partial charge in [-0.25, -0.2) is 4.68 Å². The van der Waals surface area contributed by atoms with Gasteiger partial charge in [0.1, 0.15) is 0 Å². The smallest absolute Gasteiger partial charge is 0.240 e. The highest BCUT2D eigenvalue weighted by Crippen LogP contribution is 2.27. The number of aromatic nitrogens is 2. The molecule has 1 saturated carbocycles. The molecule has 2 aromatic rings. The molecular weight excluding hydrogens is 324 g/mol. The van der Waals surface area contributed by atoms with Crippen molar-refractivity contribution in [1.82, 2.24) is 15.1 Å². The minimum Gasteiger partial charge on any atom is -0.350 e. The van der Waals surface area contributed by atoms with Crippen LogP contribution < -0.4 is 11.1 Å². The third-order valence-electron chi connectivity index (χ3n) is 4.82. The maximum Gasteiger partial charge on any atom is 0.240 e. The number of hydrogen-bond donors (Lipinski definition) is 2. The number of nitrogens with zero attached hydrogens (tertiary/aromatic N) is 2. The van der Waals surface area contributed by atoms with Crippen molar-refractivity contribution in [3.05, 3.63) is 47.3 Å². The Balaban J connectivity index is 0.00000208. The summed E-state index contributed by atoms with van der Waals surface area (Å²) in [6, 6.07) is 10.0. The van der Waals surface area contributed by atoms with Crippen LogP contribution in [0, 0.1) is 13.8 Å². The molecule has 6 heteroatoms. The maximum absolute atomic E-state index is 12.4. The largest absolute Gasteiger partial charge is 0.350 e. The molecule has 0 atom stereocenters. The molecule has 0 bridgehead atoms. The normalized spacial score (nSPS) is 15.8. The SMILES string of the molecule is Cc1nn(-c2ccccc2)c(C)c1CNC(=O)C1(N)CCCC1.Cl. The second-order valence-electron chi connectivity index (χ2n) is 6.44. The third-order valence-corrected chi connectivity index (χ3v) is 4.82. The average molecular weight is 349 g/mol. The van der Waals surface area contributed by atoms with E-state index < -0.39 is 5.54 Å². The van der Waals surface area contributed by atoms with Crippen molar-refractivity contribution in [3.8, 4) is 5.69 Å². The van der Waals surface area contributed by atoms with Crippen LogP contribution in [0.5, 0.6) is 0 Å². The fourth-order valence-corrected chi connectivity index (χ4v) is 3.33. The van der Waals surface area contributed by atoms with Gasteiger partial charge in [0.15, 0.2) is 0 Å². The minimum atomic E-state index is -0.683. The number of nitrogens with two attached hydrogens (primary N) is 1. The van der Waals surface area contributed by atoms with E-state index in [2.05, 4.69) is 10.4 Å². The standard InChI is InChI=1S/C18H24N4O.ClH/c1-13-16(12-20-17(23)18(19)10-6-7-11-18)14(2)22(21-13)15-8-4-3-5-9-15;/h3-5,8-9H,6-7,10-12,19H2,1-2H3,(H,20,23);1H. The summed E-state index contributed by atoms with van der Waals surface area (Å²) in [6.07, 6.45) is 3.63. The number of carbonyl (C=O) groups is 1. The Morgan fingerprint density at radius 2 is 1.88 bits per heavy atom. The van der Waals surface area contributed by atoms with Crippen LogP contribution in [0.25, 0.3) is 5.69 Å². The van der Waals surface area contributed by atoms with Crippen LogP contribution in [-0.2, 0) is 11.3 Å². The van der Waals surface area contributed by atoms with Gasteiger partial charge in [-0.1, -0.05) is 31.0 Å². The number of benzene rings is 1. The van der Waals surface area contributed by atoms with E-state index in [0.717, 1.165) is 48.3 Å². The van der Waals surface area contributed by atoms with Crippen molar-refractivity contribution in [1.29, 1.82) is 0 Å². The Hall–Kier alpha value is -1.85. The molecule has 0 aliphatic heterocycles. The molecule has 0 radical (unpaired) electrons. The van der Waals surface area contributed by atoms with Crippen LogP contribution >= 0.6 is 12.4 Å². The predicted octanol–water partition coefficient (Wildman–Crippen LogP) is 2.80. The lowest BCUT2D eigenvalue weighted by atomic mass is 9.98. The van der Waals surface area contributed by atoms with Crippen molar-refractivity contribution in [2.75, 3.05) is 0 Å². The number of carbonyl (C=O) groups excluding carboxylic acids is 1. The summed E-state index contributed by atoms with van der Waals surface area (Å²) in [5.41, 5.74) is 9.59. The molecule has 1 fully saturated rings. The van der Waals surface area contributed by atoms with Gasteiger partial charge < -0.3 is 11.1 Å². The number of aryl methyl sites for hydroxylation is 1. The lowest BCUT2D eigenvalue weighted by molar-refractivity contribution is -0.126. The van der Waals surface area contributed by atoms with Crippen LogP contribution in [0.4, 0.5) is 0 Å². The van der Waals surface area contributed by atoms with E-state index in [1.54, 1.807) is 0 Å². The van der Waals surface area contributed by atoms with Gasteiger partial charge in [-0.15, -0.1) is 12.4 Å². The highest BCUT2D eigenvalue weighted by atomic mass is 35.5. The van der Waals surface area contributed by atoms with Crippen LogP contribution in [0.2, 0.25) is 0 Å². The number of amides is 1. The first-order valence-corrected chi connectivity index (χ1v) is 8.19. The monoisotopic (exact) mass is 348 g/mol. The molecule has 1 aromatic carbocycles. The highest BCUT2D eigenvalue weighted by Gasteiger charge is 2.36. The zero-order valence-corrected chi connectivity index (χ0v) is 15.0. The van der Waals surface area contributed by atoms with E-state index in [9.17, 15) is 4.79 Å². The second kappa shape index (κ2) is 7.36. The molecule has 1 aromatic heterocycles. The van der Waals surface area contributed by atoms with E-state index in [1.807, 2.05) is 48.9 Å². The van der Waals surface area contributed by atoms with E-state index in [-0.39, 0.29) is 18.3 Å². The Morgan fingerprint density at radius 3 is 2.50 bits per heavy atom. The lowest BCUT2D eigenvalue weighted by Gasteiger charge is -2.22. The summed E-state index contributed by atoms with van der Waals surface area (Å²) in [7, 11) is 0. The molecule has 0 unspecified atom stereocenters. The van der Waals surface area contributed by atoms with Crippen molar-refractivity contribution in [2.24, 2.45) is 5.73 Å². The van der Waals surface area contributed by atoms with E-state index in [1.165, 1.54) is 0 Å². The van der Waals surface area contributed by atoms with Gasteiger partial charge in [0, 0.05) is 17.8 Å². The van der Waals surface area contributed by atoms with Gasteiger partial charge in [0.25, 0.3) is 0 Å². The van der Waals surface area contributed by atoms with E-state index in [4.69, 9.17) is 5.73 Å². The summed E-state index contributed by atoms with van der Waals surface area (Å²) in [5, 5.41) is 7.62. The van der Waals surface area contributed by atoms with E-state index in [0.29, 0.717) is 6.54 Å². The van der Waals surface area contributed by atoms with Gasteiger partial charge >= 0.3 is 0 Å². The van der Waals surface area contributed by atoms with Crippen LogP contribution in [-0.4, -0.2) is 21.2 Å². The van der Waals surface area contributed by atoms with Gasteiger partial charge in [0.05, 0.1) is 16.9 Å². The molecule has 1 aliphatic rings. The van der Waals surface area contributed by atoms with Gasteiger partial charge in [-0.2, -0.15) is 5.10 Å². The maximum atomic E-state index is 12.4. The molecule has 1 aliphatic carbocycles. The molecular formula is C18H25ClN4O. The van der Waals surface area contributed by atoms with Crippen LogP contribution in [0.1, 0.15) is 42.6 Å². The first kappa shape index (κ1) is 18.5. The van der Waals surface area contributed by atoms with E-state index >= 15 is 0 Å². The molecule has 1 heterocycles. The van der Waals surface area contributed by atoms with Crippen molar-refractivity contribution in [3.63, 3.8) is 0 Å². The number of hydrogen-bond acceptors (Lipinski definition) is 3. The number of rotatable bonds is 4. The van der Waals surface area contributed by atoms with Crippen molar-refractivity contribution < 1.29 is 4.79 Å². The summed E-state index contributed by atoms with van der Waals surface area (Å²) in [5.74, 6) is -0.0405. The zero-order valence-electron chi connectivity index (χ0n) is 14.2. The molecule has 0 saturated heterocycles. The molecule has 130 valence electrons. The van der Waals surface area contributed by atoms with Gasteiger partial charge in [0.2, 0.25) is 5.91 Å². The first-order chi connectivity index (χ1) is 11.0. The second-order valence-corrected chi connectivity index (χ2v) is 6.44. The molecule has 3 N–H and O–H groups in total. The predicted molar refractivity (Wildman–Crippen MR) is 97.5 cm³/mol. The number of para-hydroxylation sites is 1. The minimum absolute atomic E-state index is 0. The Morgan fingerprint density at radius 1 is 1.25 bits per heavy atom. The summed E-state index contributed by atoms with van der Waals surface area (Å²) in [6.45, 7) is 4.48. The zero-order chi connectivity index (χ0) is 16.4. The Labute approximate surface area is 149 Å². The Bertz CT molecular complexity index is 705. The van der Waals surface area contributed by atoms with Gasteiger partial charge in [-0.3, -0.25) is 4.79 Å². The van der Waals surface area contributed by atoms with Crippen LogP contribution in [0.3, 0.4) is 0 Å².